The average molecular weight is 275 g/mol. The van der Waals surface area contributed by atoms with Gasteiger partial charge in [-0.05, 0) is 50.1 Å². The number of nitrogens with two attached hydrogens (primary N) is 1. The van der Waals surface area contributed by atoms with Gasteiger partial charge in [-0.3, -0.25) is 9.69 Å². The first-order valence-electron chi connectivity index (χ1n) is 7.58. The standard InChI is InChI=1S/C16H25N3O/c1-2-3-11-19(15-8-9-15)12-10-16(20)18-14-6-4-13(17)5-7-14/h4-7,15H,2-3,8-12,17H2,1H3,(H,18,20). The predicted molar refractivity (Wildman–Crippen MR) is 83.6 cm³/mol. The first-order valence-corrected chi connectivity index (χ1v) is 7.58. The number of amides is 1. The molecule has 4 heteroatoms. The Hall–Kier alpha value is -1.55. The van der Waals surface area contributed by atoms with Gasteiger partial charge >= 0.3 is 0 Å². The summed E-state index contributed by atoms with van der Waals surface area (Å²) in [5.74, 6) is 0.0805. The summed E-state index contributed by atoms with van der Waals surface area (Å²) in [6.45, 7) is 4.20. The molecule has 0 saturated heterocycles. The first-order chi connectivity index (χ1) is 9.69. The van der Waals surface area contributed by atoms with Gasteiger partial charge in [0, 0.05) is 30.4 Å². The molecular formula is C16H25N3O. The maximum Gasteiger partial charge on any atom is 0.225 e. The van der Waals surface area contributed by atoms with Crippen molar-refractivity contribution in [2.75, 3.05) is 24.1 Å². The van der Waals surface area contributed by atoms with Crippen molar-refractivity contribution in [3.63, 3.8) is 0 Å². The van der Waals surface area contributed by atoms with Crippen LogP contribution in [-0.2, 0) is 4.79 Å². The van der Waals surface area contributed by atoms with E-state index in [1.807, 2.05) is 12.1 Å². The fourth-order valence-electron chi connectivity index (χ4n) is 2.31. The van der Waals surface area contributed by atoms with Crippen molar-refractivity contribution in [1.82, 2.24) is 4.90 Å². The molecule has 0 bridgehead atoms. The molecule has 1 aromatic rings. The zero-order valence-corrected chi connectivity index (χ0v) is 12.3. The van der Waals surface area contributed by atoms with E-state index in [-0.39, 0.29) is 5.91 Å². The molecule has 0 aliphatic heterocycles. The number of anilines is 2. The van der Waals surface area contributed by atoms with E-state index in [1.54, 1.807) is 12.1 Å². The lowest BCUT2D eigenvalue weighted by molar-refractivity contribution is -0.116. The van der Waals surface area contributed by atoms with Crippen molar-refractivity contribution in [1.29, 1.82) is 0 Å². The Kier molecular flexibility index (Phi) is 5.41. The molecule has 20 heavy (non-hydrogen) atoms. The van der Waals surface area contributed by atoms with Gasteiger partial charge in [0.25, 0.3) is 0 Å². The second kappa shape index (κ2) is 7.29. The van der Waals surface area contributed by atoms with Crippen LogP contribution in [0.25, 0.3) is 0 Å². The van der Waals surface area contributed by atoms with Crippen molar-refractivity contribution in [3.8, 4) is 0 Å². The van der Waals surface area contributed by atoms with E-state index in [0.717, 1.165) is 24.8 Å². The highest BCUT2D eigenvalue weighted by Gasteiger charge is 2.28. The summed E-state index contributed by atoms with van der Waals surface area (Å²) in [5.41, 5.74) is 7.15. The number of nitrogens with one attached hydrogen (secondary N) is 1. The topological polar surface area (TPSA) is 58.4 Å². The molecule has 3 N–H and O–H groups in total. The van der Waals surface area contributed by atoms with Gasteiger partial charge in [-0.25, -0.2) is 0 Å². The maximum absolute atomic E-state index is 11.9. The molecule has 1 fully saturated rings. The number of nitrogen functional groups attached to an aromatic ring is 1. The second-order valence-corrected chi connectivity index (χ2v) is 5.54. The molecule has 0 unspecified atom stereocenters. The number of unbranched alkanes of at least 4 members (excludes halogenated alkanes) is 1. The van der Waals surface area contributed by atoms with Crippen LogP contribution in [0.1, 0.15) is 39.0 Å². The SMILES string of the molecule is CCCCN(CCC(=O)Nc1ccc(N)cc1)C1CC1. The molecule has 0 heterocycles. The first kappa shape index (κ1) is 14.9. The Morgan fingerprint density at radius 2 is 2.00 bits per heavy atom. The number of hydrogen-bond donors (Lipinski definition) is 2. The van der Waals surface area contributed by atoms with Gasteiger partial charge < -0.3 is 11.1 Å². The zero-order valence-electron chi connectivity index (χ0n) is 12.3. The van der Waals surface area contributed by atoms with Gasteiger partial charge in [0.2, 0.25) is 5.91 Å². The third-order valence-corrected chi connectivity index (χ3v) is 3.68. The number of hydrogen-bond acceptors (Lipinski definition) is 3. The Morgan fingerprint density at radius 1 is 1.30 bits per heavy atom. The van der Waals surface area contributed by atoms with E-state index in [2.05, 4.69) is 17.1 Å². The molecule has 2 rings (SSSR count). The fourth-order valence-corrected chi connectivity index (χ4v) is 2.31. The highest BCUT2D eigenvalue weighted by atomic mass is 16.1. The lowest BCUT2D eigenvalue weighted by Crippen LogP contribution is -2.30. The Morgan fingerprint density at radius 3 is 2.60 bits per heavy atom. The van der Waals surface area contributed by atoms with Crippen LogP contribution in [-0.4, -0.2) is 29.9 Å². The summed E-state index contributed by atoms with van der Waals surface area (Å²) in [6, 6.07) is 8.00. The van der Waals surface area contributed by atoms with Gasteiger partial charge in [-0.1, -0.05) is 13.3 Å². The van der Waals surface area contributed by atoms with Crippen LogP contribution in [0.5, 0.6) is 0 Å². The minimum Gasteiger partial charge on any atom is -0.399 e. The monoisotopic (exact) mass is 275 g/mol. The molecule has 1 amide bonds. The highest BCUT2D eigenvalue weighted by molar-refractivity contribution is 5.90. The van der Waals surface area contributed by atoms with Crippen molar-refractivity contribution < 1.29 is 4.79 Å². The van der Waals surface area contributed by atoms with Gasteiger partial charge in [-0.15, -0.1) is 0 Å². The third-order valence-electron chi connectivity index (χ3n) is 3.68. The Balaban J connectivity index is 1.74. The van der Waals surface area contributed by atoms with Crippen LogP contribution in [0.3, 0.4) is 0 Å². The summed E-state index contributed by atoms with van der Waals surface area (Å²) in [6.07, 6.45) is 5.58. The molecule has 0 atom stereocenters. The number of benzene rings is 1. The van der Waals surface area contributed by atoms with E-state index in [9.17, 15) is 4.79 Å². The molecule has 0 spiro atoms. The molecular weight excluding hydrogens is 250 g/mol. The van der Waals surface area contributed by atoms with E-state index in [1.165, 1.54) is 25.7 Å². The maximum atomic E-state index is 11.9. The normalized spacial score (nSPS) is 14.5. The molecule has 1 aliphatic rings. The molecule has 0 aromatic heterocycles. The van der Waals surface area contributed by atoms with Crippen LogP contribution >= 0.6 is 0 Å². The van der Waals surface area contributed by atoms with E-state index < -0.39 is 0 Å². The van der Waals surface area contributed by atoms with Crippen LogP contribution in [0, 0.1) is 0 Å². The second-order valence-electron chi connectivity index (χ2n) is 5.54. The van der Waals surface area contributed by atoms with E-state index in [0.29, 0.717) is 12.1 Å². The van der Waals surface area contributed by atoms with Gasteiger partial charge in [0.1, 0.15) is 0 Å². The summed E-state index contributed by atoms with van der Waals surface area (Å²) in [5, 5.41) is 2.92. The zero-order chi connectivity index (χ0) is 14.4. The van der Waals surface area contributed by atoms with Crippen LogP contribution in [0.2, 0.25) is 0 Å². The summed E-state index contributed by atoms with van der Waals surface area (Å²) >= 11 is 0. The van der Waals surface area contributed by atoms with Crippen molar-refractivity contribution in [3.05, 3.63) is 24.3 Å². The largest absolute Gasteiger partial charge is 0.399 e. The minimum atomic E-state index is 0.0805. The fraction of sp³-hybridized carbons (Fsp3) is 0.562. The molecule has 1 aliphatic carbocycles. The number of carbonyl (C=O) groups is 1. The van der Waals surface area contributed by atoms with E-state index >= 15 is 0 Å². The van der Waals surface area contributed by atoms with Crippen molar-refractivity contribution in [2.24, 2.45) is 0 Å². The molecule has 110 valence electrons. The summed E-state index contributed by atoms with van der Waals surface area (Å²) < 4.78 is 0. The van der Waals surface area contributed by atoms with Crippen LogP contribution in [0.4, 0.5) is 11.4 Å². The third kappa shape index (κ3) is 4.85. The predicted octanol–water partition coefficient (Wildman–Crippen LogP) is 2.86. The average Bonchev–Trinajstić information content (AvgIpc) is 3.26. The molecule has 1 aromatic carbocycles. The smallest absolute Gasteiger partial charge is 0.225 e. The van der Waals surface area contributed by atoms with Gasteiger partial charge in [-0.2, -0.15) is 0 Å². The summed E-state index contributed by atoms with van der Waals surface area (Å²) in [7, 11) is 0. The lowest BCUT2D eigenvalue weighted by Gasteiger charge is -2.21. The molecule has 0 radical (unpaired) electrons. The van der Waals surface area contributed by atoms with Gasteiger partial charge in [0.15, 0.2) is 0 Å². The Labute approximate surface area is 121 Å². The van der Waals surface area contributed by atoms with Gasteiger partial charge in [0.05, 0.1) is 0 Å². The lowest BCUT2D eigenvalue weighted by atomic mass is 10.2. The van der Waals surface area contributed by atoms with E-state index in [4.69, 9.17) is 5.73 Å². The number of nitrogens with zero attached hydrogens (tertiary/aromatic N) is 1. The molecule has 4 nitrogen and oxygen atoms in total. The minimum absolute atomic E-state index is 0.0805. The number of carbonyl (C=O) groups excluding carboxylic acids is 1. The van der Waals surface area contributed by atoms with Crippen molar-refractivity contribution >= 4 is 17.3 Å². The molecule has 1 saturated carbocycles. The Bertz CT molecular complexity index is 426. The van der Waals surface area contributed by atoms with Crippen LogP contribution in [0.15, 0.2) is 24.3 Å². The highest BCUT2D eigenvalue weighted by Crippen LogP contribution is 2.27. The summed E-state index contributed by atoms with van der Waals surface area (Å²) in [4.78, 5) is 14.4. The number of rotatable bonds is 8. The quantitative estimate of drug-likeness (QED) is 0.717. The van der Waals surface area contributed by atoms with Crippen LogP contribution < -0.4 is 11.1 Å². The van der Waals surface area contributed by atoms with Crippen molar-refractivity contribution in [2.45, 2.75) is 45.1 Å².